The zero-order valence-corrected chi connectivity index (χ0v) is 15.3. The number of nitrogens with zero attached hydrogens (tertiary/aromatic N) is 3. The Morgan fingerprint density at radius 3 is 2.84 bits per heavy atom. The van der Waals surface area contributed by atoms with Gasteiger partial charge in [0, 0.05) is 20.0 Å². The molecule has 132 valence electrons. The van der Waals surface area contributed by atoms with Crippen molar-refractivity contribution in [2.75, 3.05) is 19.0 Å². The van der Waals surface area contributed by atoms with Crippen LogP contribution in [0.4, 0.5) is 0 Å². The minimum absolute atomic E-state index is 0.190. The standard InChI is InChI=1S/C16H18N4O3S2/c1-19(25(22,23)16-9-5-11-24-16)10-4-8-15(21)18-20-12-17-13-6-2-3-7-14(13)20/h2-3,5-7,9,11-12H,4,8,10H2,1H3,(H,18,21). The Bertz CT molecular complexity index is 964. The van der Waals surface area contributed by atoms with E-state index in [0.29, 0.717) is 10.6 Å². The first kappa shape index (κ1) is 17.6. The average Bonchev–Trinajstić information content (AvgIpc) is 3.25. The summed E-state index contributed by atoms with van der Waals surface area (Å²) in [7, 11) is -1.94. The third kappa shape index (κ3) is 3.89. The van der Waals surface area contributed by atoms with E-state index in [0.717, 1.165) is 11.0 Å². The number of benzene rings is 1. The van der Waals surface area contributed by atoms with Crippen molar-refractivity contribution in [2.24, 2.45) is 0 Å². The Morgan fingerprint density at radius 1 is 1.28 bits per heavy atom. The smallest absolute Gasteiger partial charge is 0.252 e. The zero-order valence-electron chi connectivity index (χ0n) is 13.6. The van der Waals surface area contributed by atoms with Gasteiger partial charge in [-0.3, -0.25) is 10.2 Å². The highest BCUT2D eigenvalue weighted by Gasteiger charge is 2.21. The molecule has 7 nitrogen and oxygen atoms in total. The van der Waals surface area contributed by atoms with Crippen LogP contribution in [-0.2, 0) is 14.8 Å². The van der Waals surface area contributed by atoms with Gasteiger partial charge < -0.3 is 0 Å². The summed E-state index contributed by atoms with van der Waals surface area (Å²) in [5, 5.41) is 1.73. The largest absolute Gasteiger partial charge is 0.273 e. The number of imidazole rings is 1. The summed E-state index contributed by atoms with van der Waals surface area (Å²) in [6.45, 7) is 0.276. The van der Waals surface area contributed by atoms with Crippen LogP contribution in [0.15, 0.2) is 52.3 Å². The third-order valence-corrected chi connectivity index (χ3v) is 6.97. The Labute approximate surface area is 149 Å². The number of rotatable bonds is 7. The molecule has 9 heteroatoms. The predicted molar refractivity (Wildman–Crippen MR) is 97.5 cm³/mol. The predicted octanol–water partition coefficient (Wildman–Crippen LogP) is 2.27. The summed E-state index contributed by atoms with van der Waals surface area (Å²) in [5.74, 6) is -0.190. The number of thiophene rings is 1. The van der Waals surface area contributed by atoms with Crippen LogP contribution < -0.4 is 5.43 Å². The molecule has 0 fully saturated rings. The first-order valence-electron chi connectivity index (χ1n) is 7.70. The lowest BCUT2D eigenvalue weighted by Gasteiger charge is -2.15. The maximum Gasteiger partial charge on any atom is 0.252 e. The zero-order chi connectivity index (χ0) is 17.9. The molecule has 0 radical (unpaired) electrons. The lowest BCUT2D eigenvalue weighted by atomic mass is 10.3. The van der Waals surface area contributed by atoms with E-state index in [1.807, 2.05) is 24.3 Å². The van der Waals surface area contributed by atoms with E-state index in [4.69, 9.17) is 0 Å². The van der Waals surface area contributed by atoms with E-state index < -0.39 is 10.0 Å². The Hall–Kier alpha value is -2.23. The van der Waals surface area contributed by atoms with Crippen molar-refractivity contribution in [1.82, 2.24) is 14.0 Å². The highest BCUT2D eigenvalue weighted by Crippen LogP contribution is 2.20. The molecule has 0 spiro atoms. The number of carbonyl (C=O) groups is 1. The van der Waals surface area contributed by atoms with E-state index in [2.05, 4.69) is 10.4 Å². The second kappa shape index (κ2) is 7.34. The highest BCUT2D eigenvalue weighted by molar-refractivity contribution is 7.91. The van der Waals surface area contributed by atoms with E-state index in [1.165, 1.54) is 22.7 Å². The fraction of sp³-hybridized carbons (Fsp3) is 0.250. The monoisotopic (exact) mass is 378 g/mol. The SMILES string of the molecule is CN(CCCC(=O)Nn1cnc2ccccc21)S(=O)(=O)c1cccs1. The van der Waals surface area contributed by atoms with Crippen LogP contribution in [0.1, 0.15) is 12.8 Å². The van der Waals surface area contributed by atoms with Crippen LogP contribution in [0.5, 0.6) is 0 Å². The van der Waals surface area contributed by atoms with E-state index in [1.54, 1.807) is 28.5 Å². The van der Waals surface area contributed by atoms with Gasteiger partial charge in [-0.1, -0.05) is 18.2 Å². The summed E-state index contributed by atoms with van der Waals surface area (Å²) in [5.41, 5.74) is 4.36. The second-order valence-electron chi connectivity index (χ2n) is 5.50. The van der Waals surface area contributed by atoms with Crippen molar-refractivity contribution in [3.8, 4) is 0 Å². The van der Waals surface area contributed by atoms with Crippen LogP contribution >= 0.6 is 11.3 Å². The molecule has 25 heavy (non-hydrogen) atoms. The van der Waals surface area contributed by atoms with E-state index in [9.17, 15) is 13.2 Å². The third-order valence-electron chi connectivity index (χ3n) is 3.74. The second-order valence-corrected chi connectivity index (χ2v) is 8.72. The van der Waals surface area contributed by atoms with Crippen LogP contribution in [0, 0.1) is 0 Å². The quantitative estimate of drug-likeness (QED) is 0.683. The fourth-order valence-electron chi connectivity index (χ4n) is 2.38. The van der Waals surface area contributed by atoms with E-state index >= 15 is 0 Å². The van der Waals surface area contributed by atoms with Crippen molar-refractivity contribution >= 4 is 38.3 Å². The molecule has 0 saturated carbocycles. The van der Waals surface area contributed by atoms with Crippen molar-refractivity contribution < 1.29 is 13.2 Å². The number of hydrogen-bond acceptors (Lipinski definition) is 5. The maximum atomic E-state index is 12.3. The molecule has 0 bridgehead atoms. The average molecular weight is 378 g/mol. The van der Waals surface area contributed by atoms with Crippen molar-refractivity contribution in [1.29, 1.82) is 0 Å². The lowest BCUT2D eigenvalue weighted by molar-refractivity contribution is -0.117. The number of nitrogens with one attached hydrogen (secondary N) is 1. The van der Waals surface area contributed by atoms with Gasteiger partial charge in [-0.2, -0.15) is 0 Å². The Balaban J connectivity index is 1.53. The molecule has 3 aromatic rings. The summed E-state index contributed by atoms with van der Waals surface area (Å²) in [6, 6.07) is 10.8. The number of aromatic nitrogens is 2. The minimum Gasteiger partial charge on any atom is -0.273 e. The first-order chi connectivity index (χ1) is 12.0. The molecule has 2 aromatic heterocycles. The van der Waals surface area contributed by atoms with Gasteiger partial charge in [0.25, 0.3) is 10.0 Å². The van der Waals surface area contributed by atoms with Gasteiger partial charge in [-0.25, -0.2) is 22.4 Å². The molecule has 1 aromatic carbocycles. The molecule has 0 unspecified atom stereocenters. The normalized spacial score (nSPS) is 11.9. The summed E-state index contributed by atoms with van der Waals surface area (Å²) >= 11 is 1.18. The highest BCUT2D eigenvalue weighted by atomic mass is 32.2. The molecule has 0 atom stereocenters. The van der Waals surface area contributed by atoms with Crippen LogP contribution in [0.3, 0.4) is 0 Å². The van der Waals surface area contributed by atoms with Gasteiger partial charge in [0.15, 0.2) is 0 Å². The van der Waals surface area contributed by atoms with Gasteiger partial charge in [-0.15, -0.1) is 11.3 Å². The number of hydrogen-bond donors (Lipinski definition) is 1. The Kier molecular flexibility index (Phi) is 5.16. The van der Waals surface area contributed by atoms with Crippen molar-refractivity contribution in [3.63, 3.8) is 0 Å². The molecule has 0 saturated heterocycles. The molecule has 1 N–H and O–H groups in total. The number of fused-ring (bicyclic) bond motifs is 1. The van der Waals surface area contributed by atoms with Crippen LogP contribution in [0.25, 0.3) is 11.0 Å². The van der Waals surface area contributed by atoms with Gasteiger partial charge in [0.2, 0.25) is 5.91 Å². The molecule has 0 aliphatic carbocycles. The summed E-state index contributed by atoms with van der Waals surface area (Å²) in [6.07, 6.45) is 2.20. The molecule has 2 heterocycles. The summed E-state index contributed by atoms with van der Waals surface area (Å²) in [4.78, 5) is 16.3. The van der Waals surface area contributed by atoms with Crippen LogP contribution in [0.2, 0.25) is 0 Å². The van der Waals surface area contributed by atoms with Crippen LogP contribution in [-0.4, -0.2) is 41.9 Å². The maximum absolute atomic E-state index is 12.3. The number of sulfonamides is 1. The molecule has 0 aliphatic heterocycles. The van der Waals surface area contributed by atoms with Gasteiger partial charge in [-0.05, 0) is 30.0 Å². The molecule has 3 rings (SSSR count). The summed E-state index contributed by atoms with van der Waals surface area (Å²) < 4.78 is 27.7. The van der Waals surface area contributed by atoms with Gasteiger partial charge >= 0.3 is 0 Å². The molecule has 1 amide bonds. The van der Waals surface area contributed by atoms with Gasteiger partial charge in [0.1, 0.15) is 10.5 Å². The lowest BCUT2D eigenvalue weighted by Crippen LogP contribution is -2.29. The molecular weight excluding hydrogens is 360 g/mol. The fourth-order valence-corrected chi connectivity index (χ4v) is 4.80. The first-order valence-corrected chi connectivity index (χ1v) is 10.0. The van der Waals surface area contributed by atoms with Crippen molar-refractivity contribution in [2.45, 2.75) is 17.1 Å². The van der Waals surface area contributed by atoms with Gasteiger partial charge in [0.05, 0.1) is 11.0 Å². The Morgan fingerprint density at radius 2 is 2.08 bits per heavy atom. The number of amides is 1. The molecular formula is C16H18N4O3S2. The number of para-hydroxylation sites is 2. The topological polar surface area (TPSA) is 84.3 Å². The minimum atomic E-state index is -3.47. The molecule has 0 aliphatic rings. The van der Waals surface area contributed by atoms with Crippen molar-refractivity contribution in [3.05, 3.63) is 48.1 Å². The number of carbonyl (C=O) groups excluding carboxylic acids is 1. The van der Waals surface area contributed by atoms with E-state index in [-0.39, 0.29) is 18.9 Å².